The Kier molecular flexibility index (Phi) is 7.15. The Bertz CT molecular complexity index is 967. The minimum absolute atomic E-state index is 0.0993. The molecule has 1 aromatic heterocycles. The highest BCUT2D eigenvalue weighted by molar-refractivity contribution is 7.13. The van der Waals surface area contributed by atoms with Gasteiger partial charge in [0.1, 0.15) is 11.6 Å². The number of halogens is 2. The maximum absolute atomic E-state index is 13.9. The van der Waals surface area contributed by atoms with E-state index in [-0.39, 0.29) is 17.4 Å². The summed E-state index contributed by atoms with van der Waals surface area (Å²) in [6.07, 6.45) is 3.40. The topological polar surface area (TPSA) is 65.5 Å². The molecule has 0 atom stereocenters. The first-order valence-corrected chi connectivity index (χ1v) is 12.0. The molecule has 0 spiro atoms. The number of anilines is 1. The zero-order valence-electron chi connectivity index (χ0n) is 18.2. The van der Waals surface area contributed by atoms with Crippen LogP contribution in [0.4, 0.5) is 13.9 Å². The predicted molar refractivity (Wildman–Crippen MR) is 119 cm³/mol. The minimum atomic E-state index is -0.867. The molecule has 0 radical (unpaired) electrons. The SMILES string of the molecule is CC1CCN(Cc2csc(NC(=O)C3CCN(C(=O)c4ccc(F)cc4F)CC3)n2)CC1. The molecule has 2 amide bonds. The Hall–Kier alpha value is -2.39. The fourth-order valence-corrected chi connectivity index (χ4v) is 4.98. The van der Waals surface area contributed by atoms with E-state index in [0.717, 1.165) is 43.4 Å². The van der Waals surface area contributed by atoms with Crippen molar-refractivity contribution >= 4 is 28.3 Å². The molecule has 0 aliphatic carbocycles. The highest BCUT2D eigenvalue weighted by Gasteiger charge is 2.29. The molecule has 4 rings (SSSR count). The van der Waals surface area contributed by atoms with E-state index in [1.807, 2.05) is 5.38 Å². The number of aromatic nitrogens is 1. The van der Waals surface area contributed by atoms with Crippen molar-refractivity contribution in [3.8, 4) is 0 Å². The predicted octanol–water partition coefficient (Wildman–Crippen LogP) is 4.14. The van der Waals surface area contributed by atoms with E-state index in [0.29, 0.717) is 37.1 Å². The summed E-state index contributed by atoms with van der Waals surface area (Å²) in [6, 6.07) is 2.95. The largest absolute Gasteiger partial charge is 0.339 e. The standard InChI is InChI=1S/C23H28F2N4O2S/c1-15-4-8-28(9-5-15)13-18-14-32-23(26-18)27-21(30)16-6-10-29(11-7-16)22(31)19-3-2-17(24)12-20(19)25/h2-3,12,14-16H,4-11,13H2,1H3,(H,26,27,30). The molecule has 0 saturated carbocycles. The number of thiazole rings is 1. The Morgan fingerprint density at radius 2 is 1.84 bits per heavy atom. The molecular weight excluding hydrogens is 434 g/mol. The normalized spacial score (nSPS) is 18.7. The summed E-state index contributed by atoms with van der Waals surface area (Å²) in [7, 11) is 0. The molecule has 2 saturated heterocycles. The van der Waals surface area contributed by atoms with Gasteiger partial charge in [0, 0.05) is 37.0 Å². The quantitative estimate of drug-likeness (QED) is 0.725. The highest BCUT2D eigenvalue weighted by Crippen LogP contribution is 2.24. The smallest absolute Gasteiger partial charge is 0.256 e. The summed E-state index contributed by atoms with van der Waals surface area (Å²) >= 11 is 1.43. The van der Waals surface area contributed by atoms with Gasteiger partial charge < -0.3 is 10.2 Å². The number of amides is 2. The summed E-state index contributed by atoms with van der Waals surface area (Å²) in [5, 5.41) is 5.50. The summed E-state index contributed by atoms with van der Waals surface area (Å²) in [6.45, 7) is 5.96. The van der Waals surface area contributed by atoms with Crippen molar-refractivity contribution in [3.63, 3.8) is 0 Å². The van der Waals surface area contributed by atoms with E-state index in [1.54, 1.807) is 0 Å². The Balaban J connectivity index is 1.26. The molecule has 172 valence electrons. The number of likely N-dealkylation sites (tertiary alicyclic amines) is 2. The van der Waals surface area contributed by atoms with Crippen molar-refractivity contribution in [1.29, 1.82) is 0 Å². The summed E-state index contributed by atoms with van der Waals surface area (Å²) in [5.74, 6) is -1.60. The number of carbonyl (C=O) groups is 2. The van der Waals surface area contributed by atoms with Crippen LogP contribution >= 0.6 is 11.3 Å². The van der Waals surface area contributed by atoms with Crippen molar-refractivity contribution in [1.82, 2.24) is 14.8 Å². The Labute approximate surface area is 190 Å². The van der Waals surface area contributed by atoms with E-state index in [1.165, 1.54) is 29.1 Å². The molecule has 2 fully saturated rings. The third-order valence-corrected chi connectivity index (χ3v) is 7.16. The highest BCUT2D eigenvalue weighted by atomic mass is 32.1. The summed E-state index contributed by atoms with van der Waals surface area (Å²) < 4.78 is 27.0. The van der Waals surface area contributed by atoms with Crippen molar-refractivity contribution < 1.29 is 18.4 Å². The molecule has 6 nitrogen and oxygen atoms in total. The molecule has 32 heavy (non-hydrogen) atoms. The third-order valence-electron chi connectivity index (χ3n) is 6.36. The van der Waals surface area contributed by atoms with Crippen molar-refractivity contribution in [2.75, 3.05) is 31.5 Å². The van der Waals surface area contributed by atoms with Gasteiger partial charge in [-0.25, -0.2) is 13.8 Å². The van der Waals surface area contributed by atoms with Crippen LogP contribution in [0.2, 0.25) is 0 Å². The second-order valence-electron chi connectivity index (χ2n) is 8.78. The third kappa shape index (κ3) is 5.50. The lowest BCUT2D eigenvalue weighted by atomic mass is 9.95. The van der Waals surface area contributed by atoms with Crippen molar-refractivity contribution in [2.45, 2.75) is 39.2 Å². The van der Waals surface area contributed by atoms with Crippen LogP contribution in [0.1, 0.15) is 48.7 Å². The van der Waals surface area contributed by atoms with E-state index >= 15 is 0 Å². The number of nitrogens with one attached hydrogen (secondary N) is 1. The lowest BCUT2D eigenvalue weighted by Crippen LogP contribution is -2.41. The van der Waals surface area contributed by atoms with Crippen LogP contribution in [0, 0.1) is 23.5 Å². The molecule has 0 unspecified atom stereocenters. The summed E-state index contributed by atoms with van der Waals surface area (Å²) in [4.78, 5) is 33.7. The van der Waals surface area contributed by atoms with E-state index in [2.05, 4.69) is 22.1 Å². The molecule has 3 heterocycles. The first-order chi connectivity index (χ1) is 15.4. The van der Waals surface area contributed by atoms with Crippen LogP contribution in [-0.4, -0.2) is 52.8 Å². The fraction of sp³-hybridized carbons (Fsp3) is 0.522. The van der Waals surface area contributed by atoms with Gasteiger partial charge in [-0.2, -0.15) is 0 Å². The van der Waals surface area contributed by atoms with E-state index in [4.69, 9.17) is 0 Å². The van der Waals surface area contributed by atoms with Gasteiger partial charge >= 0.3 is 0 Å². The lowest BCUT2D eigenvalue weighted by molar-refractivity contribution is -0.121. The second kappa shape index (κ2) is 10.0. The molecule has 2 aliphatic heterocycles. The molecule has 1 N–H and O–H groups in total. The maximum atomic E-state index is 13.9. The number of rotatable bonds is 5. The average Bonchev–Trinajstić information content (AvgIpc) is 3.21. The first-order valence-electron chi connectivity index (χ1n) is 11.1. The fourth-order valence-electron chi connectivity index (χ4n) is 4.27. The van der Waals surface area contributed by atoms with Gasteiger partial charge in [0.25, 0.3) is 5.91 Å². The summed E-state index contributed by atoms with van der Waals surface area (Å²) in [5.41, 5.74) is 0.828. The first kappa shape index (κ1) is 22.8. The van der Waals surface area contributed by atoms with Crippen molar-refractivity contribution in [2.24, 2.45) is 11.8 Å². The maximum Gasteiger partial charge on any atom is 0.256 e. The van der Waals surface area contributed by atoms with Gasteiger partial charge in [0.05, 0.1) is 11.3 Å². The van der Waals surface area contributed by atoms with Crippen LogP contribution in [0.15, 0.2) is 23.6 Å². The van der Waals surface area contributed by atoms with Gasteiger partial charge in [0.15, 0.2) is 5.13 Å². The van der Waals surface area contributed by atoms with Gasteiger partial charge in [-0.3, -0.25) is 14.5 Å². The van der Waals surface area contributed by atoms with Gasteiger partial charge in [-0.1, -0.05) is 6.92 Å². The van der Waals surface area contributed by atoms with E-state index in [9.17, 15) is 18.4 Å². The average molecular weight is 463 g/mol. The second-order valence-corrected chi connectivity index (χ2v) is 9.64. The Morgan fingerprint density at radius 3 is 2.53 bits per heavy atom. The van der Waals surface area contributed by atoms with Crippen LogP contribution in [0.3, 0.4) is 0 Å². The van der Waals surface area contributed by atoms with Crippen LogP contribution < -0.4 is 5.32 Å². The molecule has 0 bridgehead atoms. The number of hydrogen-bond acceptors (Lipinski definition) is 5. The Morgan fingerprint density at radius 1 is 1.12 bits per heavy atom. The number of nitrogens with zero attached hydrogens (tertiary/aromatic N) is 3. The zero-order valence-corrected chi connectivity index (χ0v) is 19.0. The molecule has 9 heteroatoms. The number of benzene rings is 1. The van der Waals surface area contributed by atoms with Gasteiger partial charge in [-0.15, -0.1) is 11.3 Å². The molecule has 2 aromatic rings. The van der Waals surface area contributed by atoms with Crippen molar-refractivity contribution in [3.05, 3.63) is 46.5 Å². The number of piperidine rings is 2. The lowest BCUT2D eigenvalue weighted by Gasteiger charge is -2.31. The van der Waals surface area contributed by atoms with E-state index < -0.39 is 17.5 Å². The zero-order chi connectivity index (χ0) is 22.7. The van der Waals surface area contributed by atoms with Gasteiger partial charge in [-0.05, 0) is 56.8 Å². The molecule has 1 aromatic carbocycles. The van der Waals surface area contributed by atoms with Crippen LogP contribution in [-0.2, 0) is 11.3 Å². The molecular formula is C23H28F2N4O2S. The van der Waals surface area contributed by atoms with Crippen LogP contribution in [0.5, 0.6) is 0 Å². The molecule has 2 aliphatic rings. The van der Waals surface area contributed by atoms with Gasteiger partial charge in [0.2, 0.25) is 5.91 Å². The number of hydrogen-bond donors (Lipinski definition) is 1. The van der Waals surface area contributed by atoms with Crippen LogP contribution in [0.25, 0.3) is 0 Å². The number of carbonyl (C=O) groups excluding carboxylic acids is 2. The monoisotopic (exact) mass is 462 g/mol. The minimum Gasteiger partial charge on any atom is -0.339 e.